The molecule has 1 aromatic rings. The van der Waals surface area contributed by atoms with Crippen LogP contribution in [-0.2, 0) is 6.42 Å². The Morgan fingerprint density at radius 3 is 1.52 bits per heavy atom. The number of aromatic nitrogens is 2. The first kappa shape index (κ1) is 38.9. The van der Waals surface area contributed by atoms with E-state index in [1.807, 2.05) is 0 Å². The van der Waals surface area contributed by atoms with E-state index in [4.69, 9.17) is 4.98 Å². The molecule has 0 aliphatic heterocycles. The molecule has 254 valence electrons. The molecule has 2 heteroatoms. The molecule has 1 aliphatic rings. The lowest BCUT2D eigenvalue weighted by atomic mass is 9.74. The number of unbranched alkanes of at least 4 members (excludes halogenated alkanes) is 24. The maximum absolute atomic E-state index is 4.91. The minimum Gasteiger partial charge on any atom is -0.332 e. The van der Waals surface area contributed by atoms with Crippen molar-refractivity contribution in [3.63, 3.8) is 0 Å². The third kappa shape index (κ3) is 18.6. The van der Waals surface area contributed by atoms with Crippen LogP contribution in [0.3, 0.4) is 0 Å². The summed E-state index contributed by atoms with van der Waals surface area (Å²) in [6.07, 6.45) is 55.7. The van der Waals surface area contributed by atoms with Crippen molar-refractivity contribution in [2.45, 2.75) is 219 Å². The number of hydrogen-bond donors (Lipinski definition) is 0. The number of rotatable bonds is 31. The minimum absolute atomic E-state index is 0.255. The van der Waals surface area contributed by atoms with Crippen molar-refractivity contribution >= 4 is 0 Å². The van der Waals surface area contributed by atoms with Crippen molar-refractivity contribution in [2.24, 2.45) is 5.41 Å². The van der Waals surface area contributed by atoms with Crippen LogP contribution in [0.15, 0.2) is 36.7 Å². The third-order valence-corrected chi connectivity index (χ3v) is 10.5. The average Bonchev–Trinajstić information content (AvgIpc) is 3.50. The molecule has 0 fully saturated rings. The Balaban J connectivity index is 1.58. The van der Waals surface area contributed by atoms with Gasteiger partial charge in [0.25, 0.3) is 0 Å². The maximum atomic E-state index is 4.91. The molecule has 0 radical (unpaired) electrons. The van der Waals surface area contributed by atoms with Gasteiger partial charge in [-0.05, 0) is 31.6 Å². The molecule has 2 atom stereocenters. The molecule has 0 bridgehead atoms. The molecule has 44 heavy (non-hydrogen) atoms. The van der Waals surface area contributed by atoms with Crippen molar-refractivity contribution in [3.8, 4) is 0 Å². The highest BCUT2D eigenvalue weighted by Gasteiger charge is 2.29. The standard InChI is InChI=1S/C42H76N2/c1-4-6-8-10-12-14-16-18-20-22-24-26-29-33-40(3)44-38-37-43-41(44)39-42(35-31-28-32-36-42)34-30-27-25-23-21-19-17-15-13-11-9-7-5-2/h28,31-32,35,37-38,40H,4-27,29-30,33-34,36,39H2,1-3H3. The second-order valence-electron chi connectivity index (χ2n) is 14.7. The molecule has 1 heterocycles. The van der Waals surface area contributed by atoms with Gasteiger partial charge in [0.15, 0.2) is 0 Å². The molecule has 2 nitrogen and oxygen atoms in total. The SMILES string of the molecule is CCCCCCCCCCCCCCCC(C)n1ccnc1CC1(CCCCCCCCCCCCCCC)C=CC=CC1. The van der Waals surface area contributed by atoms with Crippen molar-refractivity contribution < 1.29 is 0 Å². The Bertz CT molecular complexity index is 819. The first-order valence-electron chi connectivity index (χ1n) is 20.1. The van der Waals surface area contributed by atoms with Crippen LogP contribution in [0.25, 0.3) is 0 Å². The van der Waals surface area contributed by atoms with Gasteiger partial charge in [-0.3, -0.25) is 0 Å². The van der Waals surface area contributed by atoms with E-state index in [-0.39, 0.29) is 5.41 Å². The van der Waals surface area contributed by atoms with Gasteiger partial charge in [0.05, 0.1) is 0 Å². The molecule has 2 unspecified atom stereocenters. The van der Waals surface area contributed by atoms with Gasteiger partial charge in [0, 0.05) is 24.9 Å². The Morgan fingerprint density at radius 1 is 0.614 bits per heavy atom. The maximum Gasteiger partial charge on any atom is 0.109 e. The number of allylic oxidation sites excluding steroid dienone is 4. The van der Waals surface area contributed by atoms with Gasteiger partial charge in [-0.1, -0.05) is 205 Å². The van der Waals surface area contributed by atoms with E-state index in [1.54, 1.807) is 0 Å². The van der Waals surface area contributed by atoms with Gasteiger partial charge in [0.1, 0.15) is 5.82 Å². The molecule has 1 aromatic heterocycles. The van der Waals surface area contributed by atoms with Gasteiger partial charge in [-0.25, -0.2) is 4.98 Å². The fraction of sp³-hybridized carbons (Fsp3) is 0.833. The zero-order valence-electron chi connectivity index (χ0n) is 30.1. The summed E-state index contributed by atoms with van der Waals surface area (Å²) in [4.78, 5) is 4.91. The van der Waals surface area contributed by atoms with Crippen LogP contribution >= 0.6 is 0 Å². The van der Waals surface area contributed by atoms with Crippen molar-refractivity contribution in [1.29, 1.82) is 0 Å². The van der Waals surface area contributed by atoms with Crippen molar-refractivity contribution in [2.75, 3.05) is 0 Å². The highest BCUT2D eigenvalue weighted by Crippen LogP contribution is 2.38. The molecule has 0 saturated heterocycles. The van der Waals surface area contributed by atoms with Crippen LogP contribution in [0, 0.1) is 5.41 Å². The van der Waals surface area contributed by atoms with Crippen LogP contribution in [0.1, 0.15) is 219 Å². The number of nitrogens with zero attached hydrogens (tertiary/aromatic N) is 2. The Hall–Kier alpha value is -1.31. The zero-order chi connectivity index (χ0) is 31.4. The van der Waals surface area contributed by atoms with E-state index in [9.17, 15) is 0 Å². The van der Waals surface area contributed by atoms with Gasteiger partial charge in [-0.15, -0.1) is 0 Å². The molecule has 0 amide bonds. The predicted octanol–water partition coefficient (Wildman–Crippen LogP) is 14.5. The summed E-state index contributed by atoms with van der Waals surface area (Å²) in [6.45, 7) is 7.03. The molecule has 2 rings (SSSR count). The first-order chi connectivity index (χ1) is 21.7. The molecule has 0 N–H and O–H groups in total. The predicted molar refractivity (Wildman–Crippen MR) is 197 cm³/mol. The van der Waals surface area contributed by atoms with Crippen LogP contribution in [0.4, 0.5) is 0 Å². The largest absolute Gasteiger partial charge is 0.332 e. The minimum atomic E-state index is 0.255. The van der Waals surface area contributed by atoms with E-state index in [2.05, 4.69) is 62.0 Å². The lowest BCUT2D eigenvalue weighted by Crippen LogP contribution is -2.25. The van der Waals surface area contributed by atoms with Crippen LogP contribution < -0.4 is 0 Å². The van der Waals surface area contributed by atoms with Gasteiger partial charge >= 0.3 is 0 Å². The second kappa shape index (κ2) is 26.9. The van der Waals surface area contributed by atoms with Gasteiger partial charge in [0.2, 0.25) is 0 Å². The van der Waals surface area contributed by atoms with E-state index < -0.39 is 0 Å². The average molecular weight is 609 g/mol. The molecule has 0 aromatic carbocycles. The van der Waals surface area contributed by atoms with Gasteiger partial charge in [-0.2, -0.15) is 0 Å². The lowest BCUT2D eigenvalue weighted by Gasteiger charge is -2.32. The molecule has 1 aliphatic carbocycles. The van der Waals surface area contributed by atoms with Crippen molar-refractivity contribution in [1.82, 2.24) is 9.55 Å². The summed E-state index contributed by atoms with van der Waals surface area (Å²) < 4.78 is 2.51. The van der Waals surface area contributed by atoms with Gasteiger partial charge < -0.3 is 4.57 Å². The fourth-order valence-electron chi connectivity index (χ4n) is 7.40. The van der Waals surface area contributed by atoms with Crippen LogP contribution in [0.2, 0.25) is 0 Å². The second-order valence-corrected chi connectivity index (χ2v) is 14.7. The summed E-state index contributed by atoms with van der Waals surface area (Å²) in [5, 5.41) is 0. The van der Waals surface area contributed by atoms with E-state index in [0.717, 1.165) is 6.42 Å². The Labute approximate surface area is 276 Å². The Morgan fingerprint density at radius 2 is 1.07 bits per heavy atom. The molecule has 0 saturated carbocycles. The summed E-state index contributed by atoms with van der Waals surface area (Å²) in [5.74, 6) is 1.31. The summed E-state index contributed by atoms with van der Waals surface area (Å²) in [6, 6.07) is 0.553. The monoisotopic (exact) mass is 609 g/mol. The van der Waals surface area contributed by atoms with E-state index in [0.29, 0.717) is 6.04 Å². The van der Waals surface area contributed by atoms with Crippen molar-refractivity contribution in [3.05, 3.63) is 42.5 Å². The topological polar surface area (TPSA) is 17.8 Å². The smallest absolute Gasteiger partial charge is 0.109 e. The quantitative estimate of drug-likeness (QED) is 0.0767. The zero-order valence-corrected chi connectivity index (χ0v) is 30.1. The summed E-state index contributed by atoms with van der Waals surface area (Å²) >= 11 is 0. The van der Waals surface area contributed by atoms with Crippen LogP contribution in [-0.4, -0.2) is 9.55 Å². The van der Waals surface area contributed by atoms with Crippen LogP contribution in [0.5, 0.6) is 0 Å². The number of imidazole rings is 1. The lowest BCUT2D eigenvalue weighted by molar-refractivity contribution is 0.315. The fourth-order valence-corrected chi connectivity index (χ4v) is 7.40. The molecular weight excluding hydrogens is 532 g/mol. The highest BCUT2D eigenvalue weighted by atomic mass is 15.1. The van der Waals surface area contributed by atoms with E-state index in [1.165, 1.54) is 192 Å². The Kier molecular flexibility index (Phi) is 23.7. The number of hydrogen-bond acceptors (Lipinski definition) is 1. The summed E-state index contributed by atoms with van der Waals surface area (Å²) in [5.41, 5.74) is 0.255. The molecule has 0 spiro atoms. The molecular formula is C42H76N2. The highest BCUT2D eigenvalue weighted by molar-refractivity contribution is 5.19. The third-order valence-electron chi connectivity index (χ3n) is 10.5. The normalized spacial score (nSPS) is 17.1. The first-order valence-corrected chi connectivity index (χ1v) is 20.1. The summed E-state index contributed by atoms with van der Waals surface area (Å²) in [7, 11) is 0. The van der Waals surface area contributed by atoms with E-state index >= 15 is 0 Å².